The highest BCUT2D eigenvalue weighted by molar-refractivity contribution is 5.96. The number of rotatable bonds is 11. The maximum atomic E-state index is 13.4. The molecule has 0 bridgehead atoms. The molecule has 1 atom stereocenters. The van der Waals surface area contributed by atoms with Gasteiger partial charge in [0.1, 0.15) is 17.7 Å². The van der Waals surface area contributed by atoms with Crippen LogP contribution in [-0.2, 0) is 21.5 Å². The van der Waals surface area contributed by atoms with E-state index in [-0.39, 0.29) is 17.5 Å². The summed E-state index contributed by atoms with van der Waals surface area (Å²) in [5, 5.41) is 8.79. The fourth-order valence-electron chi connectivity index (χ4n) is 3.18. The molecule has 1 aromatic heterocycles. The minimum atomic E-state index is -0.785. The van der Waals surface area contributed by atoms with Gasteiger partial charge in [-0.25, -0.2) is 13.8 Å². The Kier molecular flexibility index (Phi) is 8.89. The van der Waals surface area contributed by atoms with Gasteiger partial charge in [-0.1, -0.05) is 27.2 Å². The molecule has 2 amide bonds. The molecule has 2 rings (SSSR count). The van der Waals surface area contributed by atoms with Crippen LogP contribution < -0.4 is 16.0 Å². The molecular formula is C23H33F2N5O2. The summed E-state index contributed by atoms with van der Waals surface area (Å²) in [6, 6.07) is 2.50. The number of anilines is 1. The van der Waals surface area contributed by atoms with Crippen molar-refractivity contribution in [3.63, 3.8) is 0 Å². The third kappa shape index (κ3) is 7.71. The van der Waals surface area contributed by atoms with Gasteiger partial charge >= 0.3 is 0 Å². The molecule has 2 aromatic rings. The highest BCUT2D eigenvalue weighted by Crippen LogP contribution is 2.17. The summed E-state index contributed by atoms with van der Waals surface area (Å²) in [6.07, 6.45) is 4.26. The Bertz CT molecular complexity index is 907. The average Bonchev–Trinajstić information content (AvgIpc) is 3.14. The summed E-state index contributed by atoms with van der Waals surface area (Å²) < 4.78 is 28.6. The van der Waals surface area contributed by atoms with Crippen LogP contribution in [0.5, 0.6) is 0 Å². The van der Waals surface area contributed by atoms with Gasteiger partial charge in [-0.3, -0.25) is 9.59 Å². The SMILES string of the molecule is CCCC(NC(=O)Cc1cc(F)cc(F)c1)C(=O)Nc1cn(C(C)(C)CNC(C)C)cn1. The molecule has 1 unspecified atom stereocenters. The molecule has 0 saturated carbocycles. The number of carbonyl (C=O) groups is 2. The first-order chi connectivity index (χ1) is 15.0. The van der Waals surface area contributed by atoms with Gasteiger partial charge in [0.2, 0.25) is 11.8 Å². The van der Waals surface area contributed by atoms with Gasteiger partial charge in [0.15, 0.2) is 5.82 Å². The normalized spacial score (nSPS) is 12.6. The second-order valence-electron chi connectivity index (χ2n) is 8.87. The predicted molar refractivity (Wildman–Crippen MR) is 120 cm³/mol. The number of nitrogens with zero attached hydrogens (tertiary/aromatic N) is 2. The molecule has 1 aromatic carbocycles. The zero-order valence-electron chi connectivity index (χ0n) is 19.3. The molecule has 0 aliphatic rings. The zero-order valence-corrected chi connectivity index (χ0v) is 19.3. The van der Waals surface area contributed by atoms with Gasteiger partial charge in [-0.15, -0.1) is 0 Å². The second kappa shape index (κ2) is 11.2. The number of carbonyl (C=O) groups excluding carboxylic acids is 2. The Morgan fingerprint density at radius 1 is 1.16 bits per heavy atom. The van der Waals surface area contributed by atoms with Crippen molar-refractivity contribution in [1.29, 1.82) is 0 Å². The molecule has 3 N–H and O–H groups in total. The maximum Gasteiger partial charge on any atom is 0.248 e. The van der Waals surface area contributed by atoms with Crippen LogP contribution in [0.3, 0.4) is 0 Å². The van der Waals surface area contributed by atoms with Gasteiger partial charge in [0.05, 0.1) is 18.3 Å². The fraction of sp³-hybridized carbons (Fsp3) is 0.522. The van der Waals surface area contributed by atoms with Crippen LogP contribution in [0.4, 0.5) is 14.6 Å². The number of halogens is 2. The van der Waals surface area contributed by atoms with Crippen molar-refractivity contribution in [2.24, 2.45) is 0 Å². The van der Waals surface area contributed by atoms with Crippen LogP contribution in [0.25, 0.3) is 0 Å². The molecule has 7 nitrogen and oxygen atoms in total. The van der Waals surface area contributed by atoms with Gasteiger partial charge < -0.3 is 20.5 Å². The largest absolute Gasteiger partial charge is 0.344 e. The van der Waals surface area contributed by atoms with Crippen molar-refractivity contribution in [2.75, 3.05) is 11.9 Å². The van der Waals surface area contributed by atoms with E-state index in [4.69, 9.17) is 0 Å². The number of hydrogen-bond donors (Lipinski definition) is 3. The summed E-state index contributed by atoms with van der Waals surface area (Å²) in [4.78, 5) is 29.4. The van der Waals surface area contributed by atoms with E-state index in [1.807, 2.05) is 11.5 Å². The third-order valence-corrected chi connectivity index (χ3v) is 4.99. The standard InChI is InChI=1S/C23H33F2N5O2/c1-6-7-19(28-21(31)10-16-8-17(24)11-18(25)9-16)22(32)29-20-12-30(14-27-20)23(4,5)13-26-15(2)3/h8-9,11-12,14-15,19,26H,6-7,10,13H2,1-5H3,(H,28,31)(H,29,32). The van der Waals surface area contributed by atoms with E-state index >= 15 is 0 Å². The molecule has 0 radical (unpaired) electrons. The van der Waals surface area contributed by atoms with Gasteiger partial charge in [0.25, 0.3) is 0 Å². The number of nitrogens with one attached hydrogen (secondary N) is 3. The number of hydrogen-bond acceptors (Lipinski definition) is 4. The van der Waals surface area contributed by atoms with E-state index < -0.39 is 29.5 Å². The molecule has 9 heteroatoms. The van der Waals surface area contributed by atoms with E-state index in [2.05, 4.69) is 48.6 Å². The molecular weight excluding hydrogens is 416 g/mol. The predicted octanol–water partition coefficient (Wildman–Crippen LogP) is 3.36. The second-order valence-corrected chi connectivity index (χ2v) is 8.87. The average molecular weight is 450 g/mol. The van der Waals surface area contributed by atoms with Crippen LogP contribution in [0.1, 0.15) is 53.0 Å². The van der Waals surface area contributed by atoms with E-state index in [0.717, 1.165) is 24.7 Å². The van der Waals surface area contributed by atoms with E-state index in [9.17, 15) is 18.4 Å². The third-order valence-electron chi connectivity index (χ3n) is 4.99. The highest BCUT2D eigenvalue weighted by atomic mass is 19.1. The Morgan fingerprint density at radius 3 is 2.41 bits per heavy atom. The first-order valence-electron chi connectivity index (χ1n) is 10.8. The van der Waals surface area contributed by atoms with Crippen LogP contribution in [0.2, 0.25) is 0 Å². The molecule has 176 valence electrons. The summed E-state index contributed by atoms with van der Waals surface area (Å²) in [6.45, 7) is 10.9. The first kappa shape index (κ1) is 25.5. The highest BCUT2D eigenvalue weighted by Gasteiger charge is 2.24. The van der Waals surface area contributed by atoms with Crippen LogP contribution >= 0.6 is 0 Å². The Morgan fingerprint density at radius 2 is 1.81 bits per heavy atom. The van der Waals surface area contributed by atoms with Crippen LogP contribution in [0.15, 0.2) is 30.7 Å². The van der Waals surface area contributed by atoms with Crippen molar-refractivity contribution in [1.82, 2.24) is 20.2 Å². The minimum Gasteiger partial charge on any atom is -0.344 e. The number of imidazole rings is 1. The molecule has 0 fully saturated rings. The van der Waals surface area contributed by atoms with E-state index in [0.29, 0.717) is 24.7 Å². The number of benzene rings is 1. The van der Waals surface area contributed by atoms with E-state index in [1.165, 1.54) is 0 Å². The van der Waals surface area contributed by atoms with Crippen LogP contribution in [0, 0.1) is 11.6 Å². The van der Waals surface area contributed by atoms with Crippen molar-refractivity contribution in [2.45, 2.75) is 71.5 Å². The van der Waals surface area contributed by atoms with E-state index in [1.54, 1.807) is 12.5 Å². The summed E-state index contributed by atoms with van der Waals surface area (Å²) in [5.41, 5.74) is -0.0519. The lowest BCUT2D eigenvalue weighted by Crippen LogP contribution is -2.44. The van der Waals surface area contributed by atoms with Gasteiger partial charge in [-0.2, -0.15) is 0 Å². The lowest BCUT2D eigenvalue weighted by atomic mass is 10.1. The van der Waals surface area contributed by atoms with Crippen molar-refractivity contribution in [3.8, 4) is 0 Å². The number of amides is 2. The molecule has 0 aliphatic heterocycles. The first-order valence-corrected chi connectivity index (χ1v) is 10.8. The summed E-state index contributed by atoms with van der Waals surface area (Å²) in [5.74, 6) is -2.00. The minimum absolute atomic E-state index is 0.201. The summed E-state index contributed by atoms with van der Waals surface area (Å²) in [7, 11) is 0. The molecule has 32 heavy (non-hydrogen) atoms. The topological polar surface area (TPSA) is 88.0 Å². The van der Waals surface area contributed by atoms with Crippen molar-refractivity contribution < 1.29 is 18.4 Å². The van der Waals surface area contributed by atoms with Crippen LogP contribution in [-0.4, -0.2) is 40.0 Å². The lowest BCUT2D eigenvalue weighted by Gasteiger charge is -2.28. The molecule has 0 spiro atoms. The van der Waals surface area contributed by atoms with Crippen molar-refractivity contribution in [3.05, 3.63) is 47.9 Å². The van der Waals surface area contributed by atoms with Crippen molar-refractivity contribution >= 4 is 17.6 Å². The smallest absolute Gasteiger partial charge is 0.248 e. The maximum absolute atomic E-state index is 13.4. The number of aromatic nitrogens is 2. The molecule has 0 aliphatic carbocycles. The zero-order chi connectivity index (χ0) is 23.9. The quantitative estimate of drug-likeness (QED) is 0.491. The molecule has 1 heterocycles. The summed E-state index contributed by atoms with van der Waals surface area (Å²) >= 11 is 0. The van der Waals surface area contributed by atoms with Gasteiger partial charge in [-0.05, 0) is 38.0 Å². The Balaban J connectivity index is 2.01. The lowest BCUT2D eigenvalue weighted by molar-refractivity contribution is -0.126. The fourth-order valence-corrected chi connectivity index (χ4v) is 3.18. The van der Waals surface area contributed by atoms with Gasteiger partial charge in [0, 0.05) is 24.8 Å². The molecule has 0 saturated heterocycles. The Hall–Kier alpha value is -2.81. The Labute approximate surface area is 188 Å². The monoisotopic (exact) mass is 449 g/mol.